The Morgan fingerprint density at radius 2 is 2.36 bits per heavy atom. The van der Waals surface area contributed by atoms with Crippen LogP contribution in [0.2, 0.25) is 0 Å². The quantitative estimate of drug-likeness (QED) is 0.474. The Balaban J connectivity index is 2.58. The number of carboxylic acid groups (broad SMARTS) is 1. The lowest BCUT2D eigenvalue weighted by Crippen LogP contribution is -2.02. The summed E-state index contributed by atoms with van der Waals surface area (Å²) in [5, 5.41) is 26.7. The van der Waals surface area contributed by atoms with Gasteiger partial charge < -0.3 is 14.9 Å². The first-order chi connectivity index (χ1) is 10.6. The van der Waals surface area contributed by atoms with Crippen molar-refractivity contribution in [2.75, 3.05) is 13.2 Å². The molecule has 114 valence electrons. The van der Waals surface area contributed by atoms with Crippen LogP contribution in [0.3, 0.4) is 0 Å². The number of carbonyl (C=O) groups is 1. The maximum atomic E-state index is 11.0. The number of aryl methyl sites for hydroxylation is 1. The van der Waals surface area contributed by atoms with Crippen molar-refractivity contribution in [3.05, 3.63) is 35.2 Å². The van der Waals surface area contributed by atoms with Crippen LogP contribution in [-0.2, 0) is 4.79 Å². The first-order valence-corrected chi connectivity index (χ1v) is 6.65. The Hall–Kier alpha value is -2.85. The molecule has 0 saturated carbocycles. The van der Waals surface area contributed by atoms with E-state index in [0.717, 1.165) is 5.56 Å². The summed E-state index contributed by atoms with van der Waals surface area (Å²) in [6.45, 7) is 2.10. The highest BCUT2D eigenvalue weighted by atomic mass is 16.5. The lowest BCUT2D eigenvalue weighted by Gasteiger charge is -2.03. The summed E-state index contributed by atoms with van der Waals surface area (Å²) in [5.41, 5.74) is 1.49. The number of aliphatic hydroxyl groups is 1. The van der Waals surface area contributed by atoms with Gasteiger partial charge in [0.05, 0.1) is 6.61 Å². The predicted molar refractivity (Wildman–Crippen MR) is 78.4 cm³/mol. The maximum Gasteiger partial charge on any atom is 0.346 e. The van der Waals surface area contributed by atoms with E-state index in [0.29, 0.717) is 17.8 Å². The van der Waals surface area contributed by atoms with Gasteiger partial charge in [-0.15, -0.1) is 0 Å². The van der Waals surface area contributed by atoms with Crippen LogP contribution in [-0.4, -0.2) is 38.8 Å². The average Bonchev–Trinajstić information content (AvgIpc) is 2.84. The van der Waals surface area contributed by atoms with Crippen molar-refractivity contribution in [2.45, 2.75) is 13.3 Å². The number of aromatic nitrogens is 2. The molecule has 2 heterocycles. The SMILES string of the molecule is Cc1cccn2c(C=C(C#N)C(=O)O)c(OCCCO)nc12. The summed E-state index contributed by atoms with van der Waals surface area (Å²) in [6, 6.07) is 5.31. The van der Waals surface area contributed by atoms with E-state index in [1.165, 1.54) is 6.08 Å². The minimum atomic E-state index is -1.31. The third kappa shape index (κ3) is 3.07. The number of imidazole rings is 1. The molecule has 0 aliphatic carbocycles. The van der Waals surface area contributed by atoms with E-state index in [4.69, 9.17) is 20.2 Å². The summed E-state index contributed by atoms with van der Waals surface area (Å²) in [5.74, 6) is -1.08. The zero-order valence-corrected chi connectivity index (χ0v) is 12.0. The van der Waals surface area contributed by atoms with Crippen LogP contribution in [0.5, 0.6) is 5.88 Å². The summed E-state index contributed by atoms with van der Waals surface area (Å²) >= 11 is 0. The highest BCUT2D eigenvalue weighted by molar-refractivity contribution is 5.96. The topological polar surface area (TPSA) is 108 Å². The predicted octanol–water partition coefficient (Wildman–Crippen LogP) is 1.40. The molecule has 0 bridgehead atoms. The van der Waals surface area contributed by atoms with E-state index in [1.807, 2.05) is 13.0 Å². The smallest absolute Gasteiger partial charge is 0.346 e. The largest absolute Gasteiger partial charge is 0.477 e. The molecule has 0 aromatic carbocycles. The number of rotatable bonds is 6. The van der Waals surface area contributed by atoms with Gasteiger partial charge in [0.1, 0.15) is 23.0 Å². The van der Waals surface area contributed by atoms with Crippen molar-refractivity contribution in [1.82, 2.24) is 9.38 Å². The monoisotopic (exact) mass is 301 g/mol. The fourth-order valence-electron chi connectivity index (χ4n) is 1.95. The normalized spacial score (nSPS) is 11.4. The number of nitrogens with zero attached hydrogens (tertiary/aromatic N) is 3. The molecule has 2 rings (SSSR count). The van der Waals surface area contributed by atoms with Gasteiger partial charge in [-0.05, 0) is 24.6 Å². The molecule has 2 aromatic rings. The molecular weight excluding hydrogens is 286 g/mol. The number of hydrogen-bond acceptors (Lipinski definition) is 5. The zero-order valence-electron chi connectivity index (χ0n) is 12.0. The van der Waals surface area contributed by atoms with Gasteiger partial charge in [0.25, 0.3) is 0 Å². The number of hydrogen-bond donors (Lipinski definition) is 2. The van der Waals surface area contributed by atoms with Gasteiger partial charge in [0.2, 0.25) is 5.88 Å². The van der Waals surface area contributed by atoms with Crippen LogP contribution in [0.15, 0.2) is 23.9 Å². The zero-order chi connectivity index (χ0) is 16.1. The van der Waals surface area contributed by atoms with Gasteiger partial charge in [-0.25, -0.2) is 4.79 Å². The molecule has 2 N–H and O–H groups in total. The van der Waals surface area contributed by atoms with E-state index < -0.39 is 11.5 Å². The van der Waals surface area contributed by atoms with Gasteiger partial charge >= 0.3 is 5.97 Å². The maximum absolute atomic E-state index is 11.0. The van der Waals surface area contributed by atoms with Crippen molar-refractivity contribution < 1.29 is 19.7 Å². The van der Waals surface area contributed by atoms with Crippen LogP contribution in [0, 0.1) is 18.3 Å². The lowest BCUT2D eigenvalue weighted by atomic mass is 10.2. The number of aliphatic carboxylic acids is 1. The number of pyridine rings is 1. The van der Waals surface area contributed by atoms with Gasteiger partial charge in [-0.1, -0.05) is 6.07 Å². The number of fused-ring (bicyclic) bond motifs is 1. The molecule has 0 atom stereocenters. The van der Waals surface area contributed by atoms with Gasteiger partial charge in [-0.3, -0.25) is 4.40 Å². The van der Waals surface area contributed by atoms with E-state index in [2.05, 4.69) is 4.98 Å². The molecule has 0 fully saturated rings. The van der Waals surface area contributed by atoms with Crippen molar-refractivity contribution in [1.29, 1.82) is 5.26 Å². The second-order valence-electron chi connectivity index (χ2n) is 4.59. The Labute approximate surface area is 126 Å². The van der Waals surface area contributed by atoms with Gasteiger partial charge in [-0.2, -0.15) is 10.2 Å². The summed E-state index contributed by atoms with van der Waals surface area (Å²) in [7, 11) is 0. The molecule has 0 aliphatic rings. The molecule has 0 amide bonds. The first kappa shape index (κ1) is 15.5. The van der Waals surface area contributed by atoms with E-state index in [9.17, 15) is 4.79 Å². The Morgan fingerprint density at radius 3 is 3.00 bits per heavy atom. The molecular formula is C15H15N3O4. The highest BCUT2D eigenvalue weighted by Crippen LogP contribution is 2.24. The van der Waals surface area contributed by atoms with Gasteiger partial charge in [0.15, 0.2) is 0 Å². The molecule has 0 radical (unpaired) electrons. The van der Waals surface area contributed by atoms with Crippen LogP contribution >= 0.6 is 0 Å². The third-order valence-corrected chi connectivity index (χ3v) is 3.02. The molecule has 7 nitrogen and oxygen atoms in total. The van der Waals surface area contributed by atoms with Crippen LogP contribution in [0.4, 0.5) is 0 Å². The minimum absolute atomic E-state index is 0.0177. The number of aliphatic hydroxyl groups excluding tert-OH is 1. The Kier molecular flexibility index (Phi) is 4.76. The fourth-order valence-corrected chi connectivity index (χ4v) is 1.95. The van der Waals surface area contributed by atoms with Crippen molar-refractivity contribution in [2.24, 2.45) is 0 Å². The first-order valence-electron chi connectivity index (χ1n) is 6.65. The molecule has 2 aromatic heterocycles. The van der Waals surface area contributed by atoms with Crippen LogP contribution in [0.1, 0.15) is 17.7 Å². The van der Waals surface area contributed by atoms with E-state index in [1.54, 1.807) is 22.7 Å². The molecule has 22 heavy (non-hydrogen) atoms. The van der Waals surface area contributed by atoms with E-state index in [-0.39, 0.29) is 19.1 Å². The van der Waals surface area contributed by atoms with Crippen molar-refractivity contribution in [3.8, 4) is 11.9 Å². The van der Waals surface area contributed by atoms with Gasteiger partial charge in [0, 0.05) is 19.2 Å². The number of carboxylic acids is 1. The summed E-state index contributed by atoms with van der Waals surface area (Å²) < 4.78 is 7.17. The average molecular weight is 301 g/mol. The number of ether oxygens (including phenoxy) is 1. The van der Waals surface area contributed by atoms with Crippen LogP contribution in [0.25, 0.3) is 11.7 Å². The second-order valence-corrected chi connectivity index (χ2v) is 4.59. The molecule has 7 heteroatoms. The number of nitriles is 1. The van der Waals surface area contributed by atoms with Crippen LogP contribution < -0.4 is 4.74 Å². The molecule has 0 saturated heterocycles. The fraction of sp³-hybridized carbons (Fsp3) is 0.267. The summed E-state index contributed by atoms with van der Waals surface area (Å²) in [4.78, 5) is 15.4. The van der Waals surface area contributed by atoms with E-state index >= 15 is 0 Å². The lowest BCUT2D eigenvalue weighted by molar-refractivity contribution is -0.132. The molecule has 0 spiro atoms. The highest BCUT2D eigenvalue weighted by Gasteiger charge is 2.16. The van der Waals surface area contributed by atoms with Crippen molar-refractivity contribution >= 4 is 17.7 Å². The third-order valence-electron chi connectivity index (χ3n) is 3.02. The Morgan fingerprint density at radius 1 is 1.59 bits per heavy atom. The molecule has 0 unspecified atom stereocenters. The second kappa shape index (κ2) is 6.74. The van der Waals surface area contributed by atoms with Crippen molar-refractivity contribution in [3.63, 3.8) is 0 Å². The summed E-state index contributed by atoms with van der Waals surface area (Å²) in [6.07, 6.45) is 3.38. The molecule has 0 aliphatic heterocycles. The minimum Gasteiger partial charge on any atom is -0.477 e. The Bertz CT molecular complexity index is 771. The standard InChI is InChI=1S/C15H15N3O4/c1-10-4-2-5-18-12(8-11(9-16)15(20)21)14(17-13(10)18)22-7-3-6-19/h2,4-5,8,19H,3,6-7H2,1H3,(H,20,21).